The summed E-state index contributed by atoms with van der Waals surface area (Å²) in [6, 6.07) is 11.4. The Hall–Kier alpha value is -1.08. The summed E-state index contributed by atoms with van der Waals surface area (Å²) in [7, 11) is 3.25. The topological polar surface area (TPSA) is 56.5 Å². The van der Waals surface area contributed by atoms with Crippen molar-refractivity contribution < 1.29 is 9.47 Å². The second kappa shape index (κ2) is 7.26. The van der Waals surface area contributed by atoms with E-state index in [1.165, 1.54) is 0 Å². The van der Waals surface area contributed by atoms with Gasteiger partial charge in [-0.1, -0.05) is 37.9 Å². The highest BCUT2D eigenvalue weighted by atomic mass is 79.9. The fourth-order valence-corrected chi connectivity index (χ4v) is 3.42. The quantitative estimate of drug-likeness (QED) is 0.576. The van der Waals surface area contributed by atoms with Crippen LogP contribution in [0.25, 0.3) is 0 Å². The SMILES string of the molecule is COc1ccc(C(NN)c2ccc(Br)cc2Br)c(OC)c1. The Labute approximate surface area is 140 Å². The van der Waals surface area contributed by atoms with E-state index in [0.29, 0.717) is 5.75 Å². The normalized spacial score (nSPS) is 12.0. The summed E-state index contributed by atoms with van der Waals surface area (Å²) < 4.78 is 12.6. The minimum Gasteiger partial charge on any atom is -0.497 e. The zero-order valence-corrected chi connectivity index (χ0v) is 14.9. The number of benzene rings is 2. The molecule has 0 radical (unpaired) electrons. The lowest BCUT2D eigenvalue weighted by atomic mass is 9.98. The van der Waals surface area contributed by atoms with Crippen molar-refractivity contribution in [1.29, 1.82) is 0 Å². The number of halogens is 2. The van der Waals surface area contributed by atoms with Gasteiger partial charge < -0.3 is 9.47 Å². The molecule has 0 aromatic heterocycles. The average Bonchev–Trinajstić information content (AvgIpc) is 2.50. The Morgan fingerprint density at radius 1 is 1.00 bits per heavy atom. The van der Waals surface area contributed by atoms with Crippen molar-refractivity contribution in [2.45, 2.75) is 6.04 Å². The maximum absolute atomic E-state index is 5.77. The summed E-state index contributed by atoms with van der Waals surface area (Å²) in [5.74, 6) is 7.22. The summed E-state index contributed by atoms with van der Waals surface area (Å²) in [5, 5.41) is 0. The fourth-order valence-electron chi connectivity index (χ4n) is 2.14. The predicted octanol–water partition coefficient (Wildman–Crippen LogP) is 3.78. The molecule has 6 heteroatoms. The van der Waals surface area contributed by atoms with Gasteiger partial charge in [0.15, 0.2) is 0 Å². The van der Waals surface area contributed by atoms with E-state index < -0.39 is 0 Å². The molecule has 21 heavy (non-hydrogen) atoms. The molecule has 1 unspecified atom stereocenters. The largest absolute Gasteiger partial charge is 0.497 e. The molecule has 0 bridgehead atoms. The minimum absolute atomic E-state index is 0.201. The van der Waals surface area contributed by atoms with Gasteiger partial charge in [-0.2, -0.15) is 0 Å². The number of hydrogen-bond donors (Lipinski definition) is 2. The van der Waals surface area contributed by atoms with E-state index in [2.05, 4.69) is 37.3 Å². The third kappa shape index (κ3) is 3.58. The first kappa shape index (κ1) is 16.3. The Balaban J connectivity index is 2.50. The van der Waals surface area contributed by atoms with Crippen molar-refractivity contribution in [3.63, 3.8) is 0 Å². The molecule has 0 saturated heterocycles. The number of ether oxygens (including phenoxy) is 2. The van der Waals surface area contributed by atoms with Crippen molar-refractivity contribution in [3.05, 3.63) is 56.5 Å². The first-order valence-corrected chi connectivity index (χ1v) is 7.82. The van der Waals surface area contributed by atoms with E-state index in [9.17, 15) is 0 Å². The molecule has 0 spiro atoms. The lowest BCUT2D eigenvalue weighted by molar-refractivity contribution is 0.387. The molecule has 4 nitrogen and oxygen atoms in total. The van der Waals surface area contributed by atoms with Crippen LogP contribution in [0.2, 0.25) is 0 Å². The van der Waals surface area contributed by atoms with Crippen LogP contribution < -0.4 is 20.7 Å². The summed E-state index contributed by atoms with van der Waals surface area (Å²) >= 11 is 7.02. The van der Waals surface area contributed by atoms with E-state index in [0.717, 1.165) is 25.8 Å². The van der Waals surface area contributed by atoms with E-state index in [-0.39, 0.29) is 6.04 Å². The molecule has 0 aliphatic heterocycles. The number of hydrogen-bond acceptors (Lipinski definition) is 4. The highest BCUT2D eigenvalue weighted by Crippen LogP contribution is 2.36. The van der Waals surface area contributed by atoms with Crippen LogP contribution in [0, 0.1) is 0 Å². The molecule has 3 N–H and O–H groups in total. The maximum atomic E-state index is 5.77. The lowest BCUT2D eigenvalue weighted by Gasteiger charge is -2.21. The zero-order valence-electron chi connectivity index (χ0n) is 11.7. The maximum Gasteiger partial charge on any atom is 0.127 e. The second-order valence-corrected chi connectivity index (χ2v) is 6.14. The van der Waals surface area contributed by atoms with Crippen LogP contribution in [0.15, 0.2) is 45.3 Å². The number of nitrogens with one attached hydrogen (secondary N) is 1. The van der Waals surface area contributed by atoms with Gasteiger partial charge in [0.05, 0.1) is 20.3 Å². The molecule has 0 heterocycles. The van der Waals surface area contributed by atoms with Gasteiger partial charge in [-0.25, -0.2) is 5.43 Å². The van der Waals surface area contributed by atoms with Crippen LogP contribution in [0.1, 0.15) is 17.2 Å². The molecule has 112 valence electrons. The second-order valence-electron chi connectivity index (χ2n) is 4.37. The lowest BCUT2D eigenvalue weighted by Crippen LogP contribution is -2.29. The minimum atomic E-state index is -0.201. The van der Waals surface area contributed by atoms with Gasteiger partial charge in [-0.3, -0.25) is 5.84 Å². The number of hydrazine groups is 1. The summed E-state index contributed by atoms with van der Waals surface area (Å²) in [5.41, 5.74) is 4.79. The summed E-state index contributed by atoms with van der Waals surface area (Å²) in [4.78, 5) is 0. The van der Waals surface area contributed by atoms with Gasteiger partial charge in [0, 0.05) is 20.6 Å². The molecule has 1 atom stereocenters. The van der Waals surface area contributed by atoms with Crippen LogP contribution in [0.5, 0.6) is 11.5 Å². The van der Waals surface area contributed by atoms with Crippen LogP contribution >= 0.6 is 31.9 Å². The predicted molar refractivity (Wildman–Crippen MR) is 90.6 cm³/mol. The third-order valence-electron chi connectivity index (χ3n) is 3.19. The summed E-state index contributed by atoms with van der Waals surface area (Å²) in [6.07, 6.45) is 0. The standard InChI is InChI=1S/C15H16Br2N2O2/c1-20-10-4-6-12(14(8-10)21-2)15(19-18)11-5-3-9(16)7-13(11)17/h3-8,15,19H,18H2,1-2H3. The molecule has 0 aliphatic rings. The third-order valence-corrected chi connectivity index (χ3v) is 4.37. The summed E-state index contributed by atoms with van der Waals surface area (Å²) in [6.45, 7) is 0. The van der Waals surface area contributed by atoms with Crippen molar-refractivity contribution in [3.8, 4) is 11.5 Å². The van der Waals surface area contributed by atoms with E-state index in [4.69, 9.17) is 15.3 Å². The van der Waals surface area contributed by atoms with Crippen molar-refractivity contribution in [2.75, 3.05) is 14.2 Å². The number of methoxy groups -OCH3 is 2. The smallest absolute Gasteiger partial charge is 0.127 e. The molecule has 2 aromatic rings. The van der Waals surface area contributed by atoms with Crippen molar-refractivity contribution in [2.24, 2.45) is 5.84 Å². The first-order chi connectivity index (χ1) is 10.1. The molecular formula is C15H16Br2N2O2. The van der Waals surface area contributed by atoms with Crippen LogP contribution in [-0.2, 0) is 0 Å². The molecule has 0 fully saturated rings. The monoisotopic (exact) mass is 414 g/mol. The molecule has 0 saturated carbocycles. The van der Waals surface area contributed by atoms with E-state index in [1.54, 1.807) is 14.2 Å². The molecule has 2 aromatic carbocycles. The van der Waals surface area contributed by atoms with E-state index in [1.807, 2.05) is 36.4 Å². The zero-order chi connectivity index (χ0) is 15.4. The van der Waals surface area contributed by atoms with Gasteiger partial charge in [-0.15, -0.1) is 0 Å². The van der Waals surface area contributed by atoms with Gasteiger partial charge >= 0.3 is 0 Å². The molecule has 2 rings (SSSR count). The Morgan fingerprint density at radius 3 is 2.29 bits per heavy atom. The highest BCUT2D eigenvalue weighted by molar-refractivity contribution is 9.11. The van der Waals surface area contributed by atoms with Crippen LogP contribution in [-0.4, -0.2) is 14.2 Å². The fraction of sp³-hybridized carbons (Fsp3) is 0.200. The molecule has 0 amide bonds. The van der Waals surface area contributed by atoms with Crippen LogP contribution in [0.4, 0.5) is 0 Å². The Kier molecular flexibility index (Phi) is 5.64. The van der Waals surface area contributed by atoms with Crippen molar-refractivity contribution in [1.82, 2.24) is 5.43 Å². The highest BCUT2D eigenvalue weighted by Gasteiger charge is 2.20. The molecule has 0 aliphatic carbocycles. The number of nitrogens with two attached hydrogens (primary N) is 1. The van der Waals surface area contributed by atoms with Gasteiger partial charge in [0.2, 0.25) is 0 Å². The van der Waals surface area contributed by atoms with Crippen molar-refractivity contribution >= 4 is 31.9 Å². The van der Waals surface area contributed by atoms with Gasteiger partial charge in [-0.05, 0) is 29.8 Å². The molecular weight excluding hydrogens is 400 g/mol. The van der Waals surface area contributed by atoms with Crippen LogP contribution in [0.3, 0.4) is 0 Å². The average molecular weight is 416 g/mol. The van der Waals surface area contributed by atoms with Gasteiger partial charge in [0.25, 0.3) is 0 Å². The van der Waals surface area contributed by atoms with Gasteiger partial charge in [0.1, 0.15) is 11.5 Å². The van der Waals surface area contributed by atoms with E-state index >= 15 is 0 Å². The first-order valence-electron chi connectivity index (χ1n) is 6.23. The Morgan fingerprint density at radius 2 is 1.71 bits per heavy atom. The number of rotatable bonds is 5. The Bertz CT molecular complexity index is 635.